The van der Waals surface area contributed by atoms with Crippen molar-refractivity contribution in [3.8, 4) is 0 Å². The number of hydrogen-bond donors (Lipinski definition) is 0. The minimum atomic E-state index is 1.31. The number of hydrogen-bond acceptors (Lipinski definition) is 0. The van der Waals surface area contributed by atoms with Crippen LogP contribution >= 0.6 is 0 Å². The minimum Gasteiger partial charge on any atom is -0.0622 e. The van der Waals surface area contributed by atoms with E-state index in [2.05, 4.69) is 364 Å². The molecule has 432 valence electrons. The third-order valence-corrected chi connectivity index (χ3v) is 16.6. The fourth-order valence-corrected chi connectivity index (χ4v) is 11.9. The van der Waals surface area contributed by atoms with Gasteiger partial charge in [-0.1, -0.05) is 338 Å². The van der Waals surface area contributed by atoms with Gasteiger partial charge in [0.15, 0.2) is 0 Å². The quantitative estimate of drug-likeness (QED) is 0.105. The van der Waals surface area contributed by atoms with Gasteiger partial charge in [-0.2, -0.15) is 0 Å². The molecule has 0 fully saturated rings. The molecule has 0 unspecified atom stereocenters. The Labute approximate surface area is 525 Å². The van der Waals surface area contributed by atoms with Crippen LogP contribution in [0, 0.1) is 48.5 Å². The first-order valence-electron chi connectivity index (χ1n) is 31.0. The molecule has 0 spiro atoms. The standard InChI is InChI=1S/4C15H12.2C11H10.C7H8/c1-11-14-8-4-2-6-12(14)10-13-7-3-5-9-15(11)13;1-11-10-12-6-2-3-8-14(12)15-9-5-4-7-13(11)15;1-11-6-9-15-13(10-11)8-7-12-4-2-3-5-14(12)15;1-11-6-7-14-9-12-4-2-3-5-13(12)10-15(14)8-11;1-9-5-4-7-10-6-2-3-8-11(9)10;1-9-6-7-10-4-2-3-5-11(10)8-9;1-7-5-3-2-4-6-7/h4*2-10H,1H3;2*2-8H,1H3;2-6H,1H3. The average molecular weight is 1150 g/mol. The number of benzene rings is 17. The van der Waals surface area contributed by atoms with Gasteiger partial charge in [0, 0.05) is 0 Å². The van der Waals surface area contributed by atoms with Gasteiger partial charge in [0.2, 0.25) is 0 Å². The second kappa shape index (κ2) is 28.7. The molecule has 0 aliphatic carbocycles. The van der Waals surface area contributed by atoms with Crippen molar-refractivity contribution >= 4 is 108 Å². The lowest BCUT2D eigenvalue weighted by Gasteiger charge is -2.06. The van der Waals surface area contributed by atoms with Crippen molar-refractivity contribution < 1.29 is 0 Å². The van der Waals surface area contributed by atoms with Crippen molar-refractivity contribution in [3.63, 3.8) is 0 Å². The van der Waals surface area contributed by atoms with Crippen molar-refractivity contribution in [1.29, 1.82) is 0 Å². The van der Waals surface area contributed by atoms with E-state index in [-0.39, 0.29) is 0 Å². The molecular formula is C89H76. The van der Waals surface area contributed by atoms with Crippen molar-refractivity contribution in [3.05, 3.63) is 373 Å². The second-order valence-electron chi connectivity index (χ2n) is 23.3. The molecule has 0 saturated carbocycles. The molecule has 17 rings (SSSR count). The highest BCUT2D eigenvalue weighted by molar-refractivity contribution is 6.09. The third-order valence-electron chi connectivity index (χ3n) is 16.6. The second-order valence-corrected chi connectivity index (χ2v) is 23.3. The normalized spacial score (nSPS) is 10.6. The molecule has 0 heteroatoms. The summed E-state index contributed by atoms with van der Waals surface area (Å²) in [6.07, 6.45) is 0. The summed E-state index contributed by atoms with van der Waals surface area (Å²) in [6.45, 7) is 15.0. The third kappa shape index (κ3) is 15.0. The summed E-state index contributed by atoms with van der Waals surface area (Å²) in [5.41, 5.74) is 9.36. The summed E-state index contributed by atoms with van der Waals surface area (Å²) in [5, 5.41) is 26.7. The number of aryl methyl sites for hydroxylation is 7. The first-order valence-corrected chi connectivity index (χ1v) is 31.0. The predicted octanol–water partition coefficient (Wildman–Crippen LogP) is 25.5. The van der Waals surface area contributed by atoms with Crippen LogP contribution in [0.4, 0.5) is 0 Å². The molecule has 0 aromatic heterocycles. The largest absolute Gasteiger partial charge is 0.0622 e. The smallest absolute Gasteiger partial charge is 0.0103 e. The molecule has 0 aliphatic heterocycles. The van der Waals surface area contributed by atoms with Gasteiger partial charge in [-0.25, -0.2) is 0 Å². The molecule has 0 amide bonds. The molecule has 17 aromatic carbocycles. The minimum absolute atomic E-state index is 1.31. The van der Waals surface area contributed by atoms with Crippen LogP contribution in [0.1, 0.15) is 38.9 Å². The fraction of sp³-hybridized carbons (Fsp3) is 0.0787. The first-order chi connectivity index (χ1) is 43.5. The summed E-state index contributed by atoms with van der Waals surface area (Å²) >= 11 is 0. The molecule has 0 heterocycles. The Morgan fingerprint density at radius 3 is 1.01 bits per heavy atom. The lowest BCUT2D eigenvalue weighted by molar-refractivity contribution is 1.48. The summed E-state index contributed by atoms with van der Waals surface area (Å²) in [7, 11) is 0. The summed E-state index contributed by atoms with van der Waals surface area (Å²) in [5.74, 6) is 0. The van der Waals surface area contributed by atoms with E-state index in [0.29, 0.717) is 0 Å². The van der Waals surface area contributed by atoms with Crippen molar-refractivity contribution in [2.45, 2.75) is 48.5 Å². The first kappa shape index (κ1) is 60.0. The highest BCUT2D eigenvalue weighted by Crippen LogP contribution is 2.31. The van der Waals surface area contributed by atoms with Crippen molar-refractivity contribution in [1.82, 2.24) is 0 Å². The Balaban J connectivity index is 0.000000108. The van der Waals surface area contributed by atoms with Crippen LogP contribution in [0.5, 0.6) is 0 Å². The van der Waals surface area contributed by atoms with E-state index in [0.717, 1.165) is 0 Å². The van der Waals surface area contributed by atoms with Gasteiger partial charge in [-0.3, -0.25) is 0 Å². The zero-order valence-electron chi connectivity index (χ0n) is 52.3. The fourth-order valence-electron chi connectivity index (χ4n) is 11.9. The molecule has 17 aromatic rings. The van der Waals surface area contributed by atoms with E-state index in [1.807, 2.05) is 18.2 Å². The van der Waals surface area contributed by atoms with Gasteiger partial charge in [-0.05, 0) is 191 Å². The molecule has 0 radical (unpaired) electrons. The van der Waals surface area contributed by atoms with Crippen LogP contribution in [-0.4, -0.2) is 0 Å². The van der Waals surface area contributed by atoms with Crippen LogP contribution in [0.3, 0.4) is 0 Å². The van der Waals surface area contributed by atoms with Crippen LogP contribution in [-0.2, 0) is 0 Å². The Morgan fingerprint density at radius 2 is 0.449 bits per heavy atom. The van der Waals surface area contributed by atoms with E-state index < -0.39 is 0 Å². The Hall–Kier alpha value is -10.7. The maximum Gasteiger partial charge on any atom is -0.0103 e. The molecule has 0 aliphatic rings. The highest BCUT2D eigenvalue weighted by Gasteiger charge is 2.05. The summed E-state index contributed by atoms with van der Waals surface area (Å²) in [4.78, 5) is 0. The molecule has 0 saturated heterocycles. The summed E-state index contributed by atoms with van der Waals surface area (Å²) in [6, 6.07) is 118. The zero-order valence-corrected chi connectivity index (χ0v) is 52.3. The monoisotopic (exact) mass is 1140 g/mol. The summed E-state index contributed by atoms with van der Waals surface area (Å²) < 4.78 is 0. The van der Waals surface area contributed by atoms with E-state index in [9.17, 15) is 0 Å². The van der Waals surface area contributed by atoms with Gasteiger partial charge in [0.1, 0.15) is 0 Å². The molecule has 0 N–H and O–H groups in total. The van der Waals surface area contributed by atoms with E-state index in [4.69, 9.17) is 0 Å². The molecular weight excluding hydrogens is 1070 g/mol. The molecule has 0 bridgehead atoms. The van der Waals surface area contributed by atoms with Gasteiger partial charge in [0.05, 0.1) is 0 Å². The van der Waals surface area contributed by atoms with Crippen molar-refractivity contribution in [2.24, 2.45) is 0 Å². The number of fused-ring (bicyclic) bond motifs is 12. The topological polar surface area (TPSA) is 0 Å². The van der Waals surface area contributed by atoms with Gasteiger partial charge in [0.25, 0.3) is 0 Å². The van der Waals surface area contributed by atoms with E-state index in [1.54, 1.807) is 0 Å². The maximum absolute atomic E-state index is 2.26. The lowest BCUT2D eigenvalue weighted by atomic mass is 9.98. The maximum atomic E-state index is 2.26. The van der Waals surface area contributed by atoms with Crippen LogP contribution in [0.25, 0.3) is 108 Å². The van der Waals surface area contributed by atoms with Crippen LogP contribution < -0.4 is 0 Å². The average Bonchev–Trinajstić information content (AvgIpc) is 1.62. The highest BCUT2D eigenvalue weighted by atomic mass is 14.1. The SMILES string of the molecule is Cc1c2ccccc2cc2ccccc12.Cc1cc2ccccc2c2ccccc12.Cc1ccc2c(ccc3ccccc32)c1.Cc1ccc2cc3ccccc3cc2c1.Cc1ccc2ccccc2c1.Cc1cccc2ccccc12.Cc1ccccc1. The van der Waals surface area contributed by atoms with Gasteiger partial charge in [-0.15, -0.1) is 0 Å². The Bertz CT molecular complexity index is 5120. The van der Waals surface area contributed by atoms with Gasteiger partial charge >= 0.3 is 0 Å². The van der Waals surface area contributed by atoms with E-state index >= 15 is 0 Å². The van der Waals surface area contributed by atoms with Crippen LogP contribution in [0.15, 0.2) is 334 Å². The Morgan fingerprint density at radius 1 is 0.135 bits per heavy atom. The van der Waals surface area contributed by atoms with Gasteiger partial charge < -0.3 is 0 Å². The predicted molar refractivity (Wildman–Crippen MR) is 393 cm³/mol. The zero-order chi connectivity index (χ0) is 61.5. The van der Waals surface area contributed by atoms with Crippen LogP contribution in [0.2, 0.25) is 0 Å². The number of rotatable bonds is 0. The Kier molecular flexibility index (Phi) is 19.4. The van der Waals surface area contributed by atoms with E-state index in [1.165, 1.54) is 147 Å². The molecule has 0 nitrogen and oxygen atoms in total. The van der Waals surface area contributed by atoms with Crippen molar-refractivity contribution in [2.75, 3.05) is 0 Å². The molecule has 89 heavy (non-hydrogen) atoms. The molecule has 0 atom stereocenters. The lowest BCUT2D eigenvalue weighted by Crippen LogP contribution is -1.81.